The molecule has 1 aromatic carbocycles. The SMILES string of the molecule is C[C@@H](NS(=O)(=O)CC/C=C/CC1CCC(=O)NC1)c1cccc(OCC2CC2)c1. The number of rotatable bonds is 11. The summed E-state index contributed by atoms with van der Waals surface area (Å²) in [5.74, 6) is 2.11. The zero-order valence-electron chi connectivity index (χ0n) is 17.1. The van der Waals surface area contributed by atoms with E-state index in [4.69, 9.17) is 4.74 Å². The van der Waals surface area contributed by atoms with Crippen LogP contribution in [0.2, 0.25) is 0 Å². The zero-order valence-corrected chi connectivity index (χ0v) is 17.9. The monoisotopic (exact) mass is 420 g/mol. The number of amides is 1. The number of benzene rings is 1. The Bertz CT molecular complexity index is 808. The molecule has 6 nitrogen and oxygen atoms in total. The van der Waals surface area contributed by atoms with Crippen LogP contribution in [0.15, 0.2) is 36.4 Å². The van der Waals surface area contributed by atoms with Gasteiger partial charge in [-0.3, -0.25) is 4.79 Å². The summed E-state index contributed by atoms with van der Waals surface area (Å²) in [5.41, 5.74) is 0.900. The average Bonchev–Trinajstić information content (AvgIpc) is 3.52. The second kappa shape index (κ2) is 10.3. The molecule has 2 aliphatic rings. The first-order valence-corrected chi connectivity index (χ1v) is 12.2. The van der Waals surface area contributed by atoms with Gasteiger partial charge < -0.3 is 10.1 Å². The van der Waals surface area contributed by atoms with Gasteiger partial charge in [0, 0.05) is 19.0 Å². The molecule has 1 aromatic rings. The summed E-state index contributed by atoms with van der Waals surface area (Å²) in [6.07, 6.45) is 9.26. The Balaban J connectivity index is 1.40. The van der Waals surface area contributed by atoms with E-state index in [2.05, 4.69) is 10.0 Å². The van der Waals surface area contributed by atoms with Crippen molar-refractivity contribution in [2.24, 2.45) is 11.8 Å². The van der Waals surface area contributed by atoms with Crippen LogP contribution in [0, 0.1) is 11.8 Å². The van der Waals surface area contributed by atoms with Crippen molar-refractivity contribution in [1.29, 1.82) is 0 Å². The maximum absolute atomic E-state index is 12.4. The zero-order chi connectivity index (χ0) is 20.7. The molecule has 7 heteroatoms. The number of carbonyl (C=O) groups is 1. The fraction of sp³-hybridized carbons (Fsp3) is 0.591. The Labute approximate surface area is 174 Å². The lowest BCUT2D eigenvalue weighted by atomic mass is 9.96. The van der Waals surface area contributed by atoms with Gasteiger partial charge in [0.15, 0.2) is 0 Å². The Morgan fingerprint density at radius 3 is 2.79 bits per heavy atom. The molecule has 2 atom stereocenters. The predicted molar refractivity (Wildman–Crippen MR) is 114 cm³/mol. The van der Waals surface area contributed by atoms with Gasteiger partial charge >= 0.3 is 0 Å². The highest BCUT2D eigenvalue weighted by atomic mass is 32.2. The standard InChI is InChI=1S/C22H32N2O4S/c1-17(20-7-5-8-21(14-20)28-16-19-9-10-19)24-29(26,27)13-4-2-3-6-18-11-12-22(25)23-15-18/h2-3,5,7-8,14,17-19,24H,4,6,9-13,15-16H2,1H3,(H,23,25)/b3-2+/t17-,18?/m1/s1. The van der Waals surface area contributed by atoms with E-state index in [-0.39, 0.29) is 17.7 Å². The maximum Gasteiger partial charge on any atom is 0.220 e. The van der Waals surface area contributed by atoms with Crippen LogP contribution >= 0.6 is 0 Å². The summed E-state index contributed by atoms with van der Waals surface area (Å²) in [6, 6.07) is 7.34. The van der Waals surface area contributed by atoms with Crippen molar-refractivity contribution in [3.63, 3.8) is 0 Å². The molecule has 0 radical (unpaired) electrons. The number of hydrogen-bond acceptors (Lipinski definition) is 4. The molecule has 160 valence electrons. The Morgan fingerprint density at radius 1 is 1.24 bits per heavy atom. The largest absolute Gasteiger partial charge is 0.493 e. The first-order chi connectivity index (χ1) is 13.9. The van der Waals surface area contributed by atoms with Gasteiger partial charge in [0.05, 0.1) is 12.4 Å². The van der Waals surface area contributed by atoms with E-state index >= 15 is 0 Å². The van der Waals surface area contributed by atoms with Crippen molar-refractivity contribution >= 4 is 15.9 Å². The smallest absolute Gasteiger partial charge is 0.220 e. The van der Waals surface area contributed by atoms with Crippen LogP contribution < -0.4 is 14.8 Å². The Morgan fingerprint density at radius 2 is 2.07 bits per heavy atom. The molecule has 1 unspecified atom stereocenters. The molecule has 0 bridgehead atoms. The van der Waals surface area contributed by atoms with E-state index in [9.17, 15) is 13.2 Å². The molecule has 1 heterocycles. The highest BCUT2D eigenvalue weighted by molar-refractivity contribution is 7.89. The van der Waals surface area contributed by atoms with Crippen LogP contribution in [-0.4, -0.2) is 33.2 Å². The molecule has 1 aliphatic heterocycles. The second-order valence-corrected chi connectivity index (χ2v) is 10.1. The Kier molecular flexibility index (Phi) is 7.72. The first-order valence-electron chi connectivity index (χ1n) is 10.6. The minimum absolute atomic E-state index is 0.0626. The van der Waals surface area contributed by atoms with Gasteiger partial charge in [-0.1, -0.05) is 24.3 Å². The third-order valence-electron chi connectivity index (χ3n) is 5.45. The predicted octanol–water partition coefficient (Wildman–Crippen LogP) is 3.32. The van der Waals surface area contributed by atoms with Crippen LogP contribution in [-0.2, 0) is 14.8 Å². The minimum atomic E-state index is -3.37. The van der Waals surface area contributed by atoms with Crippen LogP contribution in [0.4, 0.5) is 0 Å². The summed E-state index contributed by atoms with van der Waals surface area (Å²) in [6.45, 7) is 3.30. The molecule has 3 rings (SSSR count). The van der Waals surface area contributed by atoms with E-state index in [0.717, 1.165) is 30.8 Å². The molecule has 1 saturated carbocycles. The first kappa shape index (κ1) is 21.8. The fourth-order valence-electron chi connectivity index (χ4n) is 3.38. The van der Waals surface area contributed by atoms with Crippen molar-refractivity contribution < 1.29 is 17.9 Å². The highest BCUT2D eigenvalue weighted by Crippen LogP contribution is 2.30. The topological polar surface area (TPSA) is 84.5 Å². The van der Waals surface area contributed by atoms with Gasteiger partial charge in [-0.25, -0.2) is 13.1 Å². The van der Waals surface area contributed by atoms with E-state index in [1.54, 1.807) is 0 Å². The number of sulfonamides is 1. The lowest BCUT2D eigenvalue weighted by Gasteiger charge is -2.20. The quantitative estimate of drug-likeness (QED) is 0.538. The molecule has 0 spiro atoms. The maximum atomic E-state index is 12.4. The molecule has 1 aliphatic carbocycles. The molecular formula is C22H32N2O4S. The molecule has 0 aromatic heterocycles. The van der Waals surface area contributed by atoms with Crippen molar-refractivity contribution in [2.45, 2.75) is 51.5 Å². The van der Waals surface area contributed by atoms with Crippen LogP contribution in [0.25, 0.3) is 0 Å². The normalized spacial score (nSPS) is 21.1. The number of piperidine rings is 1. The minimum Gasteiger partial charge on any atom is -0.493 e. The van der Waals surface area contributed by atoms with Gasteiger partial charge in [0.2, 0.25) is 15.9 Å². The van der Waals surface area contributed by atoms with Crippen LogP contribution in [0.1, 0.15) is 57.1 Å². The number of carbonyl (C=O) groups excluding carboxylic acids is 1. The summed E-state index contributed by atoms with van der Waals surface area (Å²) >= 11 is 0. The van der Waals surface area contributed by atoms with Gasteiger partial charge in [-0.15, -0.1) is 0 Å². The lowest BCUT2D eigenvalue weighted by Crippen LogP contribution is -2.34. The van der Waals surface area contributed by atoms with Crippen molar-refractivity contribution in [3.8, 4) is 5.75 Å². The number of allylic oxidation sites excluding steroid dienone is 2. The molecular weight excluding hydrogens is 388 g/mol. The fourth-order valence-corrected chi connectivity index (χ4v) is 4.62. The van der Waals surface area contributed by atoms with E-state index < -0.39 is 10.0 Å². The van der Waals surface area contributed by atoms with Crippen molar-refractivity contribution in [1.82, 2.24) is 10.0 Å². The lowest BCUT2D eigenvalue weighted by molar-refractivity contribution is -0.122. The van der Waals surface area contributed by atoms with Gasteiger partial charge in [-0.05, 0) is 68.6 Å². The molecule has 2 fully saturated rings. The molecule has 1 amide bonds. The van der Waals surface area contributed by atoms with Crippen LogP contribution in [0.5, 0.6) is 5.75 Å². The van der Waals surface area contributed by atoms with Crippen molar-refractivity contribution in [2.75, 3.05) is 18.9 Å². The summed E-state index contributed by atoms with van der Waals surface area (Å²) in [5, 5.41) is 2.87. The average molecular weight is 421 g/mol. The number of nitrogens with one attached hydrogen (secondary N) is 2. The highest BCUT2D eigenvalue weighted by Gasteiger charge is 2.22. The third kappa shape index (κ3) is 7.82. The summed E-state index contributed by atoms with van der Waals surface area (Å²) in [4.78, 5) is 11.2. The van der Waals surface area contributed by atoms with E-state index in [0.29, 0.717) is 31.2 Å². The number of hydrogen-bond donors (Lipinski definition) is 2. The van der Waals surface area contributed by atoms with Gasteiger partial charge in [0.1, 0.15) is 5.75 Å². The summed E-state index contributed by atoms with van der Waals surface area (Å²) in [7, 11) is -3.37. The number of ether oxygens (including phenoxy) is 1. The summed E-state index contributed by atoms with van der Waals surface area (Å²) < 4.78 is 33.3. The Hall–Kier alpha value is -1.86. The van der Waals surface area contributed by atoms with Gasteiger partial charge in [0.25, 0.3) is 0 Å². The van der Waals surface area contributed by atoms with E-state index in [1.807, 2.05) is 43.3 Å². The van der Waals surface area contributed by atoms with Crippen LogP contribution in [0.3, 0.4) is 0 Å². The van der Waals surface area contributed by atoms with Gasteiger partial charge in [-0.2, -0.15) is 0 Å². The molecule has 29 heavy (non-hydrogen) atoms. The second-order valence-electron chi connectivity index (χ2n) is 8.19. The molecule has 1 saturated heterocycles. The van der Waals surface area contributed by atoms with E-state index in [1.165, 1.54) is 12.8 Å². The van der Waals surface area contributed by atoms with Crippen molar-refractivity contribution in [3.05, 3.63) is 42.0 Å². The molecule has 2 N–H and O–H groups in total. The third-order valence-corrected chi connectivity index (χ3v) is 6.94.